The summed E-state index contributed by atoms with van der Waals surface area (Å²) >= 11 is 0. The van der Waals surface area contributed by atoms with E-state index in [1.54, 1.807) is 7.11 Å². The second-order valence-electron chi connectivity index (χ2n) is 5.01. The van der Waals surface area contributed by atoms with Gasteiger partial charge in [0.1, 0.15) is 5.75 Å². The maximum Gasteiger partial charge on any atom is 0.237 e. The van der Waals surface area contributed by atoms with E-state index in [0.717, 1.165) is 37.1 Å². The summed E-state index contributed by atoms with van der Waals surface area (Å²) < 4.78 is 5.20. The van der Waals surface area contributed by atoms with E-state index in [0.29, 0.717) is 0 Å². The summed E-state index contributed by atoms with van der Waals surface area (Å²) in [6.07, 6.45) is 3.21. The van der Waals surface area contributed by atoms with Crippen LogP contribution < -0.4 is 15.4 Å². The van der Waals surface area contributed by atoms with Crippen LogP contribution in [0, 0.1) is 0 Å². The van der Waals surface area contributed by atoms with Crippen LogP contribution in [0.2, 0.25) is 0 Å². The van der Waals surface area contributed by atoms with Gasteiger partial charge in [-0.3, -0.25) is 4.79 Å². The van der Waals surface area contributed by atoms with E-state index in [2.05, 4.69) is 10.6 Å². The van der Waals surface area contributed by atoms with Gasteiger partial charge in [0.2, 0.25) is 5.91 Å². The summed E-state index contributed by atoms with van der Waals surface area (Å²) in [6.45, 7) is 2.93. The average molecular weight is 299 g/mol. The summed E-state index contributed by atoms with van der Waals surface area (Å²) in [4.78, 5) is 12.1. The highest BCUT2D eigenvalue weighted by molar-refractivity contribution is 5.85. The number of carbonyl (C=O) groups excluding carboxylic acids is 1. The Balaban J connectivity index is 0.00000200. The molecule has 0 spiro atoms. The molecule has 0 saturated carbocycles. The molecule has 0 radical (unpaired) electrons. The predicted octanol–water partition coefficient (Wildman–Crippen LogP) is 2.44. The normalized spacial score (nSPS) is 19.6. The second-order valence-corrected chi connectivity index (χ2v) is 5.01. The molecule has 1 amide bonds. The summed E-state index contributed by atoms with van der Waals surface area (Å²) in [5.41, 5.74) is 1.06. The van der Waals surface area contributed by atoms with E-state index in [1.807, 2.05) is 31.2 Å². The molecule has 1 saturated heterocycles. The van der Waals surface area contributed by atoms with E-state index < -0.39 is 0 Å². The molecule has 1 aromatic carbocycles. The van der Waals surface area contributed by atoms with Crippen LogP contribution in [0.3, 0.4) is 0 Å². The zero-order valence-corrected chi connectivity index (χ0v) is 12.8. The van der Waals surface area contributed by atoms with Crippen LogP contribution >= 0.6 is 12.4 Å². The van der Waals surface area contributed by atoms with Gasteiger partial charge in [-0.25, -0.2) is 0 Å². The SMILES string of the molecule is COc1cccc(C(C)NC(=O)[C@@H]2CCCCN2)c1.Cl. The van der Waals surface area contributed by atoms with E-state index in [-0.39, 0.29) is 30.4 Å². The third-order valence-corrected chi connectivity index (χ3v) is 3.58. The van der Waals surface area contributed by atoms with Crippen molar-refractivity contribution in [1.29, 1.82) is 0 Å². The lowest BCUT2D eigenvalue weighted by Gasteiger charge is -2.24. The van der Waals surface area contributed by atoms with Gasteiger partial charge in [0.05, 0.1) is 19.2 Å². The first-order valence-electron chi connectivity index (χ1n) is 6.88. The Labute approximate surface area is 126 Å². The predicted molar refractivity (Wildman–Crippen MR) is 82.4 cm³/mol. The van der Waals surface area contributed by atoms with Crippen molar-refractivity contribution in [3.8, 4) is 5.75 Å². The standard InChI is InChI=1S/C15H22N2O2.ClH/c1-11(12-6-5-7-13(10-12)19-2)17-15(18)14-8-3-4-9-16-14;/h5-7,10-11,14,16H,3-4,8-9H2,1-2H3,(H,17,18);1H/t11?,14-;/m0./s1. The number of hydrogen-bond donors (Lipinski definition) is 2. The maximum atomic E-state index is 12.1. The third kappa shape index (κ3) is 4.39. The van der Waals surface area contributed by atoms with Gasteiger partial charge in [-0.1, -0.05) is 18.6 Å². The fourth-order valence-corrected chi connectivity index (χ4v) is 2.38. The largest absolute Gasteiger partial charge is 0.497 e. The zero-order chi connectivity index (χ0) is 13.7. The summed E-state index contributed by atoms with van der Waals surface area (Å²) in [6, 6.07) is 7.75. The lowest BCUT2D eigenvalue weighted by Crippen LogP contribution is -2.47. The Morgan fingerprint density at radius 3 is 2.90 bits per heavy atom. The van der Waals surface area contributed by atoms with E-state index >= 15 is 0 Å². The van der Waals surface area contributed by atoms with Crippen LogP contribution in [0.1, 0.15) is 37.8 Å². The smallest absolute Gasteiger partial charge is 0.237 e. The number of halogens is 1. The van der Waals surface area contributed by atoms with Crippen molar-refractivity contribution in [2.75, 3.05) is 13.7 Å². The van der Waals surface area contributed by atoms with Crippen LogP contribution in [0.4, 0.5) is 0 Å². The number of carbonyl (C=O) groups is 1. The van der Waals surface area contributed by atoms with Crippen molar-refractivity contribution in [2.45, 2.75) is 38.3 Å². The molecule has 1 fully saturated rings. The maximum absolute atomic E-state index is 12.1. The topological polar surface area (TPSA) is 50.4 Å². The fourth-order valence-electron chi connectivity index (χ4n) is 2.38. The molecule has 5 heteroatoms. The summed E-state index contributed by atoms with van der Waals surface area (Å²) in [5.74, 6) is 0.907. The lowest BCUT2D eigenvalue weighted by molar-refractivity contribution is -0.124. The van der Waals surface area contributed by atoms with Crippen molar-refractivity contribution in [2.24, 2.45) is 0 Å². The molecule has 4 nitrogen and oxygen atoms in total. The molecule has 2 atom stereocenters. The van der Waals surface area contributed by atoms with Crippen LogP contribution in [0.5, 0.6) is 5.75 Å². The van der Waals surface area contributed by atoms with Gasteiger partial charge in [-0.2, -0.15) is 0 Å². The lowest BCUT2D eigenvalue weighted by atomic mass is 10.0. The third-order valence-electron chi connectivity index (χ3n) is 3.58. The molecule has 1 aliphatic rings. The number of rotatable bonds is 4. The van der Waals surface area contributed by atoms with Gasteiger partial charge in [-0.15, -0.1) is 12.4 Å². The number of benzene rings is 1. The monoisotopic (exact) mass is 298 g/mol. The molecule has 0 bridgehead atoms. The highest BCUT2D eigenvalue weighted by Gasteiger charge is 2.22. The van der Waals surface area contributed by atoms with Gasteiger partial charge in [0.15, 0.2) is 0 Å². The minimum absolute atomic E-state index is 0. The van der Waals surface area contributed by atoms with E-state index in [4.69, 9.17) is 4.74 Å². The first kappa shape index (κ1) is 16.8. The Morgan fingerprint density at radius 1 is 1.45 bits per heavy atom. The van der Waals surface area contributed by atoms with Gasteiger partial charge in [-0.05, 0) is 44.0 Å². The first-order chi connectivity index (χ1) is 9.20. The van der Waals surface area contributed by atoms with Crippen LogP contribution in [-0.4, -0.2) is 25.6 Å². The van der Waals surface area contributed by atoms with Crippen molar-refractivity contribution >= 4 is 18.3 Å². The number of hydrogen-bond acceptors (Lipinski definition) is 3. The molecular formula is C15H23ClN2O2. The van der Waals surface area contributed by atoms with E-state index in [9.17, 15) is 4.79 Å². The molecule has 1 aromatic rings. The van der Waals surface area contributed by atoms with Crippen LogP contribution in [0.15, 0.2) is 24.3 Å². The van der Waals surface area contributed by atoms with Crippen molar-refractivity contribution in [1.82, 2.24) is 10.6 Å². The molecular weight excluding hydrogens is 276 g/mol. The van der Waals surface area contributed by atoms with Gasteiger partial charge in [0, 0.05) is 0 Å². The average Bonchev–Trinajstić information content (AvgIpc) is 2.48. The molecule has 20 heavy (non-hydrogen) atoms. The van der Waals surface area contributed by atoms with Gasteiger partial charge in [0.25, 0.3) is 0 Å². The van der Waals surface area contributed by atoms with Crippen molar-refractivity contribution < 1.29 is 9.53 Å². The van der Waals surface area contributed by atoms with Crippen LogP contribution in [0.25, 0.3) is 0 Å². The number of nitrogens with one attached hydrogen (secondary N) is 2. The Morgan fingerprint density at radius 2 is 2.25 bits per heavy atom. The summed E-state index contributed by atoms with van der Waals surface area (Å²) in [5, 5.41) is 6.32. The molecule has 1 unspecified atom stereocenters. The minimum atomic E-state index is -0.0400. The highest BCUT2D eigenvalue weighted by Crippen LogP contribution is 2.19. The molecule has 2 N–H and O–H groups in total. The minimum Gasteiger partial charge on any atom is -0.497 e. The second kappa shape index (κ2) is 8.12. The number of amides is 1. The zero-order valence-electron chi connectivity index (χ0n) is 12.0. The molecule has 2 rings (SSSR count). The Kier molecular flexibility index (Phi) is 6.82. The highest BCUT2D eigenvalue weighted by atomic mass is 35.5. The van der Waals surface area contributed by atoms with E-state index in [1.165, 1.54) is 0 Å². The molecule has 112 valence electrons. The van der Waals surface area contributed by atoms with Gasteiger partial charge < -0.3 is 15.4 Å². The Hall–Kier alpha value is -1.26. The number of ether oxygens (including phenoxy) is 1. The van der Waals surface area contributed by atoms with Crippen molar-refractivity contribution in [3.05, 3.63) is 29.8 Å². The number of piperidine rings is 1. The molecule has 0 aromatic heterocycles. The molecule has 0 aliphatic carbocycles. The Bertz CT molecular complexity index is 434. The van der Waals surface area contributed by atoms with Crippen molar-refractivity contribution in [3.63, 3.8) is 0 Å². The molecule has 1 heterocycles. The summed E-state index contributed by atoms with van der Waals surface area (Å²) in [7, 11) is 1.65. The fraction of sp³-hybridized carbons (Fsp3) is 0.533. The first-order valence-corrected chi connectivity index (χ1v) is 6.88. The number of methoxy groups -OCH3 is 1. The van der Waals surface area contributed by atoms with Gasteiger partial charge >= 0.3 is 0 Å². The van der Waals surface area contributed by atoms with Crippen LogP contribution in [-0.2, 0) is 4.79 Å². The quantitative estimate of drug-likeness (QED) is 0.897. The molecule has 1 aliphatic heterocycles.